The summed E-state index contributed by atoms with van der Waals surface area (Å²) < 4.78 is 0. The molecule has 1 amide bonds. The second-order valence-electron chi connectivity index (χ2n) is 3.33. The number of nitrogens with two attached hydrogens (primary N) is 1. The first-order chi connectivity index (χ1) is 6.79. The Balaban J connectivity index is 2.01. The summed E-state index contributed by atoms with van der Waals surface area (Å²) in [6.07, 6.45) is 0.811. The Bertz CT molecular complexity index is 326. The molecule has 4 heteroatoms. The molecule has 0 radical (unpaired) electrons. The number of carbonyl (C=O) groups excluding carboxylic acids is 1. The summed E-state index contributed by atoms with van der Waals surface area (Å²) in [6.45, 7) is 0.0362. The molecule has 1 aromatic carbocycles. The summed E-state index contributed by atoms with van der Waals surface area (Å²) >= 11 is 0. The SMILES string of the molecule is NCC(=O)NC1Cc2ccccc2N1. The second kappa shape index (κ2) is 3.67. The van der Waals surface area contributed by atoms with Gasteiger partial charge in [0.2, 0.25) is 5.91 Å². The molecule has 0 saturated heterocycles. The molecule has 4 nitrogen and oxygen atoms in total. The number of para-hydroxylation sites is 1. The van der Waals surface area contributed by atoms with Gasteiger partial charge in [-0.25, -0.2) is 0 Å². The lowest BCUT2D eigenvalue weighted by Gasteiger charge is -2.12. The fourth-order valence-corrected chi connectivity index (χ4v) is 1.64. The highest BCUT2D eigenvalue weighted by atomic mass is 16.2. The zero-order chi connectivity index (χ0) is 9.97. The van der Waals surface area contributed by atoms with E-state index < -0.39 is 0 Å². The van der Waals surface area contributed by atoms with E-state index in [2.05, 4.69) is 16.7 Å². The van der Waals surface area contributed by atoms with Crippen LogP contribution in [0.2, 0.25) is 0 Å². The van der Waals surface area contributed by atoms with E-state index in [0.29, 0.717) is 0 Å². The van der Waals surface area contributed by atoms with E-state index in [4.69, 9.17) is 5.73 Å². The van der Waals surface area contributed by atoms with Crippen LogP contribution in [0.4, 0.5) is 5.69 Å². The molecular formula is C10H13N3O. The van der Waals surface area contributed by atoms with Gasteiger partial charge >= 0.3 is 0 Å². The highest BCUT2D eigenvalue weighted by molar-refractivity contribution is 5.78. The van der Waals surface area contributed by atoms with E-state index in [0.717, 1.165) is 12.1 Å². The van der Waals surface area contributed by atoms with Crippen LogP contribution in [-0.2, 0) is 11.2 Å². The van der Waals surface area contributed by atoms with E-state index in [9.17, 15) is 4.79 Å². The summed E-state index contributed by atoms with van der Waals surface area (Å²) in [5, 5.41) is 6.01. The Labute approximate surface area is 82.5 Å². The number of fused-ring (bicyclic) bond motifs is 1. The van der Waals surface area contributed by atoms with E-state index in [1.54, 1.807) is 0 Å². The molecule has 1 aliphatic rings. The lowest BCUT2D eigenvalue weighted by molar-refractivity contribution is -0.120. The maximum atomic E-state index is 11.0. The van der Waals surface area contributed by atoms with E-state index in [-0.39, 0.29) is 18.6 Å². The molecule has 1 heterocycles. The van der Waals surface area contributed by atoms with Crippen LogP contribution in [-0.4, -0.2) is 18.6 Å². The minimum Gasteiger partial charge on any atom is -0.365 e. The average Bonchev–Trinajstić information content (AvgIpc) is 2.59. The maximum absolute atomic E-state index is 11.0. The van der Waals surface area contributed by atoms with E-state index in [1.807, 2.05) is 18.2 Å². The van der Waals surface area contributed by atoms with Crippen LogP contribution in [0, 0.1) is 0 Å². The smallest absolute Gasteiger partial charge is 0.235 e. The molecular weight excluding hydrogens is 178 g/mol. The molecule has 0 fully saturated rings. The maximum Gasteiger partial charge on any atom is 0.235 e. The molecule has 2 rings (SSSR count). The predicted molar refractivity (Wildman–Crippen MR) is 54.8 cm³/mol. The number of anilines is 1. The number of nitrogens with one attached hydrogen (secondary N) is 2. The molecule has 0 spiro atoms. The third kappa shape index (κ3) is 1.70. The molecule has 1 unspecified atom stereocenters. The van der Waals surface area contributed by atoms with Crippen LogP contribution in [0.15, 0.2) is 24.3 Å². The van der Waals surface area contributed by atoms with Crippen molar-refractivity contribution < 1.29 is 4.79 Å². The number of rotatable bonds is 2. The van der Waals surface area contributed by atoms with E-state index in [1.165, 1.54) is 5.56 Å². The van der Waals surface area contributed by atoms with Gasteiger partial charge in [0, 0.05) is 12.1 Å². The van der Waals surface area contributed by atoms with Gasteiger partial charge < -0.3 is 16.4 Å². The van der Waals surface area contributed by atoms with Gasteiger partial charge in [-0.2, -0.15) is 0 Å². The van der Waals surface area contributed by atoms with Gasteiger partial charge in [-0.05, 0) is 11.6 Å². The highest BCUT2D eigenvalue weighted by Crippen LogP contribution is 2.23. The lowest BCUT2D eigenvalue weighted by Crippen LogP contribution is -2.42. The summed E-state index contributed by atoms with van der Waals surface area (Å²) in [7, 11) is 0. The number of carbonyl (C=O) groups is 1. The first-order valence-electron chi connectivity index (χ1n) is 4.63. The Morgan fingerprint density at radius 3 is 3.07 bits per heavy atom. The molecule has 0 saturated carbocycles. The molecule has 14 heavy (non-hydrogen) atoms. The number of amides is 1. The van der Waals surface area contributed by atoms with Crippen molar-refractivity contribution in [2.75, 3.05) is 11.9 Å². The van der Waals surface area contributed by atoms with Crippen molar-refractivity contribution in [2.24, 2.45) is 5.73 Å². The van der Waals surface area contributed by atoms with Gasteiger partial charge in [-0.15, -0.1) is 0 Å². The topological polar surface area (TPSA) is 67.2 Å². The Morgan fingerprint density at radius 1 is 1.57 bits per heavy atom. The predicted octanol–water partition coefficient (Wildman–Crippen LogP) is 0.0556. The summed E-state index contributed by atoms with van der Waals surface area (Å²) in [5.41, 5.74) is 7.54. The zero-order valence-corrected chi connectivity index (χ0v) is 7.79. The Hall–Kier alpha value is -1.55. The van der Waals surface area contributed by atoms with Crippen LogP contribution in [0.3, 0.4) is 0 Å². The quantitative estimate of drug-likeness (QED) is 0.619. The number of hydrogen-bond donors (Lipinski definition) is 3. The first-order valence-corrected chi connectivity index (χ1v) is 4.63. The average molecular weight is 191 g/mol. The Morgan fingerprint density at radius 2 is 2.36 bits per heavy atom. The van der Waals surface area contributed by atoms with Crippen LogP contribution in [0.1, 0.15) is 5.56 Å². The van der Waals surface area contributed by atoms with Gasteiger partial charge in [0.25, 0.3) is 0 Å². The molecule has 4 N–H and O–H groups in total. The molecule has 1 atom stereocenters. The van der Waals surface area contributed by atoms with Crippen molar-refractivity contribution in [3.8, 4) is 0 Å². The van der Waals surface area contributed by atoms with Crippen molar-refractivity contribution >= 4 is 11.6 Å². The van der Waals surface area contributed by atoms with E-state index >= 15 is 0 Å². The number of hydrogen-bond acceptors (Lipinski definition) is 3. The third-order valence-corrected chi connectivity index (χ3v) is 2.29. The normalized spacial score (nSPS) is 18.5. The lowest BCUT2D eigenvalue weighted by atomic mass is 10.1. The van der Waals surface area contributed by atoms with Gasteiger partial charge in [0.15, 0.2) is 0 Å². The van der Waals surface area contributed by atoms with Gasteiger partial charge in [0.1, 0.15) is 6.17 Å². The molecule has 1 aromatic rings. The van der Waals surface area contributed by atoms with Gasteiger partial charge in [-0.1, -0.05) is 18.2 Å². The summed E-state index contributed by atoms with van der Waals surface area (Å²) in [4.78, 5) is 11.0. The Kier molecular flexibility index (Phi) is 2.37. The molecule has 0 bridgehead atoms. The van der Waals surface area contributed by atoms with Gasteiger partial charge in [-0.3, -0.25) is 4.79 Å². The second-order valence-corrected chi connectivity index (χ2v) is 3.33. The molecule has 0 aliphatic carbocycles. The monoisotopic (exact) mass is 191 g/mol. The van der Waals surface area contributed by atoms with Crippen molar-refractivity contribution in [3.63, 3.8) is 0 Å². The van der Waals surface area contributed by atoms with Crippen LogP contribution < -0.4 is 16.4 Å². The first kappa shape index (κ1) is 9.02. The van der Waals surface area contributed by atoms with Crippen LogP contribution in [0.25, 0.3) is 0 Å². The van der Waals surface area contributed by atoms with Crippen molar-refractivity contribution in [3.05, 3.63) is 29.8 Å². The van der Waals surface area contributed by atoms with Crippen molar-refractivity contribution in [1.29, 1.82) is 0 Å². The summed E-state index contributed by atoms with van der Waals surface area (Å²) in [6, 6.07) is 8.02. The number of benzene rings is 1. The fourth-order valence-electron chi connectivity index (χ4n) is 1.64. The van der Waals surface area contributed by atoms with Crippen molar-refractivity contribution in [2.45, 2.75) is 12.6 Å². The van der Waals surface area contributed by atoms with Crippen molar-refractivity contribution in [1.82, 2.24) is 5.32 Å². The van der Waals surface area contributed by atoms with Gasteiger partial charge in [0.05, 0.1) is 6.54 Å². The largest absolute Gasteiger partial charge is 0.365 e. The minimum atomic E-state index is -0.129. The summed E-state index contributed by atoms with van der Waals surface area (Å²) in [5.74, 6) is -0.129. The van der Waals surface area contributed by atoms with Crippen LogP contribution in [0.5, 0.6) is 0 Å². The minimum absolute atomic E-state index is 0.0107. The fraction of sp³-hybridized carbons (Fsp3) is 0.300. The molecule has 1 aliphatic heterocycles. The standard InChI is InChI=1S/C10H13N3O/c11-6-10(14)13-9-5-7-3-1-2-4-8(7)12-9/h1-4,9,12H,5-6,11H2,(H,13,14). The zero-order valence-electron chi connectivity index (χ0n) is 7.79. The molecule has 0 aromatic heterocycles. The highest BCUT2D eigenvalue weighted by Gasteiger charge is 2.20. The third-order valence-electron chi connectivity index (χ3n) is 2.29. The van der Waals surface area contributed by atoms with Crippen LogP contribution >= 0.6 is 0 Å². The molecule has 74 valence electrons.